The van der Waals surface area contributed by atoms with Crippen molar-refractivity contribution in [3.63, 3.8) is 0 Å². The quantitative estimate of drug-likeness (QED) is 0.395. The molecule has 0 saturated carbocycles. The number of nitrogens with two attached hydrogens (primary N) is 1. The lowest BCUT2D eigenvalue weighted by atomic mass is 10.1. The van der Waals surface area contributed by atoms with E-state index >= 15 is 0 Å². The number of rotatable bonds is 4. The van der Waals surface area contributed by atoms with Crippen molar-refractivity contribution in [2.24, 2.45) is 11.7 Å². The van der Waals surface area contributed by atoms with Gasteiger partial charge < -0.3 is 16.9 Å². The highest BCUT2D eigenvalue weighted by Crippen LogP contribution is 2.03. The Labute approximate surface area is 76.8 Å². The highest BCUT2D eigenvalue weighted by molar-refractivity contribution is 4.42. The van der Waals surface area contributed by atoms with Crippen LogP contribution < -0.4 is 18.1 Å². The number of halogens is 1. The molecule has 0 fully saturated rings. The second kappa shape index (κ2) is 5.81. The maximum Gasteiger partial charge on any atom is 0.129 e. The van der Waals surface area contributed by atoms with Crippen LogP contribution in [0.2, 0.25) is 0 Å². The Morgan fingerprint density at radius 1 is 1.27 bits per heavy atom. The minimum absolute atomic E-state index is 0. The maximum atomic E-state index is 5.56. The normalized spacial score (nSPS) is 11.5. The van der Waals surface area contributed by atoms with Gasteiger partial charge in [-0.15, -0.1) is 0 Å². The van der Waals surface area contributed by atoms with Gasteiger partial charge in [-0.05, 0) is 12.3 Å². The van der Waals surface area contributed by atoms with Crippen molar-refractivity contribution in [2.45, 2.75) is 20.3 Å². The Morgan fingerprint density at radius 2 is 1.73 bits per heavy atom. The molecule has 0 amide bonds. The fourth-order valence-electron chi connectivity index (χ4n) is 0.699. The van der Waals surface area contributed by atoms with Gasteiger partial charge in [-0.2, -0.15) is 0 Å². The average Bonchev–Trinajstić information content (AvgIpc) is 1.85. The van der Waals surface area contributed by atoms with Crippen LogP contribution >= 0.6 is 0 Å². The molecule has 0 aliphatic carbocycles. The molecule has 0 aromatic heterocycles. The molecule has 0 bridgehead atoms. The molecule has 0 atom stereocenters. The maximum absolute atomic E-state index is 5.56. The van der Waals surface area contributed by atoms with Crippen LogP contribution in [0.25, 0.3) is 0 Å². The summed E-state index contributed by atoms with van der Waals surface area (Å²) < 4.78 is 0.943. The smallest absolute Gasteiger partial charge is 0.129 e. The van der Waals surface area contributed by atoms with Crippen molar-refractivity contribution in [2.75, 3.05) is 27.3 Å². The Hall–Kier alpha value is 0.210. The van der Waals surface area contributed by atoms with Crippen LogP contribution in [-0.2, 0) is 0 Å². The van der Waals surface area contributed by atoms with E-state index in [-0.39, 0.29) is 12.4 Å². The topological polar surface area (TPSA) is 26.0 Å². The lowest BCUT2D eigenvalue weighted by molar-refractivity contribution is -0.890. The van der Waals surface area contributed by atoms with Gasteiger partial charge in [0, 0.05) is 0 Å². The molecule has 2 N–H and O–H groups in total. The van der Waals surface area contributed by atoms with Crippen molar-refractivity contribution in [3.05, 3.63) is 0 Å². The van der Waals surface area contributed by atoms with E-state index in [1.165, 1.54) is 13.0 Å². The first-order chi connectivity index (χ1) is 4.48. The SMILES string of the molecule is CC(C)CC[N+](C)(C)CN.[Cl-]. The summed E-state index contributed by atoms with van der Waals surface area (Å²) in [5.74, 6) is 0.795. The summed E-state index contributed by atoms with van der Waals surface area (Å²) in [6.45, 7) is 6.42. The van der Waals surface area contributed by atoms with Crippen LogP contribution in [0.15, 0.2) is 0 Å². The third-order valence-electron chi connectivity index (χ3n) is 1.81. The van der Waals surface area contributed by atoms with Gasteiger partial charge >= 0.3 is 0 Å². The van der Waals surface area contributed by atoms with Crippen LogP contribution in [0.3, 0.4) is 0 Å². The zero-order chi connectivity index (χ0) is 8.20. The number of quaternary nitrogens is 1. The lowest BCUT2D eigenvalue weighted by Gasteiger charge is -2.28. The van der Waals surface area contributed by atoms with Crippen LogP contribution in [0, 0.1) is 5.92 Å². The highest BCUT2D eigenvalue weighted by atomic mass is 35.5. The van der Waals surface area contributed by atoms with Gasteiger partial charge in [0.2, 0.25) is 0 Å². The van der Waals surface area contributed by atoms with E-state index in [0.29, 0.717) is 0 Å². The molecule has 0 heterocycles. The van der Waals surface area contributed by atoms with Gasteiger partial charge in [0.05, 0.1) is 20.6 Å². The van der Waals surface area contributed by atoms with Gasteiger partial charge in [0.15, 0.2) is 0 Å². The Kier molecular flexibility index (Phi) is 7.28. The van der Waals surface area contributed by atoms with Crippen LogP contribution in [0.4, 0.5) is 0 Å². The molecule has 0 aliphatic rings. The molecule has 0 unspecified atom stereocenters. The van der Waals surface area contributed by atoms with Crippen LogP contribution in [-0.4, -0.2) is 31.8 Å². The fraction of sp³-hybridized carbons (Fsp3) is 1.00. The van der Waals surface area contributed by atoms with Crippen molar-refractivity contribution >= 4 is 0 Å². The van der Waals surface area contributed by atoms with E-state index in [1.54, 1.807) is 0 Å². The first-order valence-corrected chi connectivity index (χ1v) is 4.00. The summed E-state index contributed by atoms with van der Waals surface area (Å²) in [5.41, 5.74) is 5.56. The van der Waals surface area contributed by atoms with Crippen molar-refractivity contribution < 1.29 is 16.9 Å². The molecule has 0 aromatic carbocycles. The van der Waals surface area contributed by atoms with Gasteiger partial charge in [-0.25, -0.2) is 0 Å². The number of hydrogen-bond donors (Lipinski definition) is 1. The van der Waals surface area contributed by atoms with Crippen molar-refractivity contribution in [3.8, 4) is 0 Å². The second-order valence-electron chi connectivity index (χ2n) is 4.02. The molecule has 70 valence electrons. The number of hydrogen-bond acceptors (Lipinski definition) is 1. The summed E-state index contributed by atoms with van der Waals surface area (Å²) >= 11 is 0. The van der Waals surface area contributed by atoms with E-state index < -0.39 is 0 Å². The van der Waals surface area contributed by atoms with E-state index in [1.807, 2.05) is 0 Å². The fourth-order valence-corrected chi connectivity index (χ4v) is 0.699. The van der Waals surface area contributed by atoms with E-state index in [0.717, 1.165) is 17.1 Å². The van der Waals surface area contributed by atoms with Gasteiger partial charge in [0.1, 0.15) is 6.67 Å². The number of nitrogens with zero attached hydrogens (tertiary/aromatic N) is 1. The molecular weight excluding hydrogens is 160 g/mol. The van der Waals surface area contributed by atoms with E-state index in [4.69, 9.17) is 5.73 Å². The van der Waals surface area contributed by atoms with Crippen LogP contribution in [0.5, 0.6) is 0 Å². The molecule has 0 spiro atoms. The third kappa shape index (κ3) is 8.11. The lowest BCUT2D eigenvalue weighted by Crippen LogP contribution is -3.00. The van der Waals surface area contributed by atoms with E-state index in [9.17, 15) is 0 Å². The molecule has 3 heteroatoms. The summed E-state index contributed by atoms with van der Waals surface area (Å²) in [7, 11) is 4.34. The molecule has 0 aromatic rings. The molecule has 0 saturated heterocycles. The summed E-state index contributed by atoms with van der Waals surface area (Å²) in [4.78, 5) is 0. The Morgan fingerprint density at radius 3 is 2.00 bits per heavy atom. The summed E-state index contributed by atoms with van der Waals surface area (Å²) in [6, 6.07) is 0. The minimum atomic E-state index is 0. The third-order valence-corrected chi connectivity index (χ3v) is 1.81. The van der Waals surface area contributed by atoms with Gasteiger partial charge in [0.25, 0.3) is 0 Å². The predicted molar refractivity (Wildman–Crippen MR) is 45.5 cm³/mol. The molecule has 0 radical (unpaired) electrons. The first kappa shape index (κ1) is 13.8. The summed E-state index contributed by atoms with van der Waals surface area (Å²) in [5, 5.41) is 0. The first-order valence-electron chi connectivity index (χ1n) is 4.00. The highest BCUT2D eigenvalue weighted by Gasteiger charge is 2.11. The molecule has 0 rings (SSSR count). The second-order valence-corrected chi connectivity index (χ2v) is 4.02. The zero-order valence-corrected chi connectivity index (χ0v) is 8.86. The molecular formula is C8H21ClN2. The summed E-state index contributed by atoms with van der Waals surface area (Å²) in [6.07, 6.45) is 1.27. The van der Waals surface area contributed by atoms with Gasteiger partial charge in [-0.1, -0.05) is 13.8 Å². The minimum Gasteiger partial charge on any atom is -1.00 e. The largest absolute Gasteiger partial charge is 1.00 e. The van der Waals surface area contributed by atoms with Gasteiger partial charge in [-0.3, -0.25) is 5.73 Å². The average molecular weight is 181 g/mol. The van der Waals surface area contributed by atoms with Crippen LogP contribution in [0.1, 0.15) is 20.3 Å². The Bertz CT molecular complexity index is 92.1. The van der Waals surface area contributed by atoms with E-state index in [2.05, 4.69) is 27.9 Å². The van der Waals surface area contributed by atoms with Crippen molar-refractivity contribution in [1.82, 2.24) is 0 Å². The predicted octanol–water partition coefficient (Wildman–Crippen LogP) is -1.97. The zero-order valence-electron chi connectivity index (χ0n) is 8.10. The van der Waals surface area contributed by atoms with Crippen molar-refractivity contribution in [1.29, 1.82) is 0 Å². The Balaban J connectivity index is 0. The molecule has 0 aliphatic heterocycles. The standard InChI is InChI=1S/C8H21N2.ClH/c1-8(2)5-6-10(3,4)7-9;/h8H,5-7,9H2,1-4H3;1H/q+1;/p-1. The molecule has 2 nitrogen and oxygen atoms in total. The monoisotopic (exact) mass is 180 g/mol. The molecule has 11 heavy (non-hydrogen) atoms.